The normalized spacial score (nSPS) is 19.1. The molecule has 1 aromatic heterocycles. The molecule has 2 aromatic rings. The van der Waals surface area contributed by atoms with E-state index in [2.05, 4.69) is 29.2 Å². The highest BCUT2D eigenvalue weighted by atomic mass is 16.5. The lowest BCUT2D eigenvalue weighted by Gasteiger charge is -2.40. The largest absolute Gasteiger partial charge is 0.361 e. The molecule has 1 aliphatic rings. The lowest BCUT2D eigenvalue weighted by Crippen LogP contribution is -2.49. The van der Waals surface area contributed by atoms with Crippen LogP contribution in [0.25, 0.3) is 0 Å². The zero-order valence-electron chi connectivity index (χ0n) is 14.0. The highest BCUT2D eigenvalue weighted by Gasteiger charge is 2.30. The first-order valence-corrected chi connectivity index (χ1v) is 8.01. The van der Waals surface area contributed by atoms with Crippen LogP contribution in [0.5, 0.6) is 0 Å². The predicted molar refractivity (Wildman–Crippen MR) is 88.1 cm³/mol. The Kier molecular flexibility index (Phi) is 4.48. The minimum absolute atomic E-state index is 0.0999. The third-order valence-electron chi connectivity index (χ3n) is 4.60. The molecule has 5 heteroatoms. The molecule has 0 bridgehead atoms. The van der Waals surface area contributed by atoms with Crippen molar-refractivity contribution in [2.75, 3.05) is 26.7 Å². The molecule has 1 aromatic carbocycles. The van der Waals surface area contributed by atoms with E-state index in [0.717, 1.165) is 36.7 Å². The Hall–Kier alpha value is -2.14. The Balaban J connectivity index is 1.82. The van der Waals surface area contributed by atoms with E-state index < -0.39 is 0 Å². The van der Waals surface area contributed by atoms with Gasteiger partial charge in [0.15, 0.2) is 0 Å². The molecule has 1 saturated heterocycles. The smallest absolute Gasteiger partial charge is 0.227 e. The molecule has 23 heavy (non-hydrogen) atoms. The van der Waals surface area contributed by atoms with Crippen molar-refractivity contribution >= 4 is 5.91 Å². The molecule has 122 valence electrons. The average molecular weight is 313 g/mol. The van der Waals surface area contributed by atoms with Crippen molar-refractivity contribution in [3.63, 3.8) is 0 Å². The van der Waals surface area contributed by atoms with Crippen LogP contribution in [0, 0.1) is 13.8 Å². The van der Waals surface area contributed by atoms with Crippen LogP contribution in [-0.2, 0) is 11.2 Å². The highest BCUT2D eigenvalue weighted by molar-refractivity contribution is 5.80. The van der Waals surface area contributed by atoms with Crippen LogP contribution in [0.3, 0.4) is 0 Å². The van der Waals surface area contributed by atoms with E-state index in [0.29, 0.717) is 6.42 Å². The van der Waals surface area contributed by atoms with Crippen LogP contribution in [0.1, 0.15) is 28.6 Å². The van der Waals surface area contributed by atoms with E-state index in [-0.39, 0.29) is 11.9 Å². The van der Waals surface area contributed by atoms with E-state index >= 15 is 0 Å². The van der Waals surface area contributed by atoms with Crippen LogP contribution in [0.15, 0.2) is 34.9 Å². The number of nitrogens with zero attached hydrogens (tertiary/aromatic N) is 3. The third-order valence-corrected chi connectivity index (χ3v) is 4.60. The topological polar surface area (TPSA) is 49.6 Å². The second-order valence-corrected chi connectivity index (χ2v) is 6.26. The Bertz CT molecular complexity index is 661. The molecule has 0 saturated carbocycles. The zero-order valence-corrected chi connectivity index (χ0v) is 14.0. The van der Waals surface area contributed by atoms with Crippen LogP contribution in [0.2, 0.25) is 0 Å². The van der Waals surface area contributed by atoms with Gasteiger partial charge in [0.1, 0.15) is 5.76 Å². The second kappa shape index (κ2) is 6.54. The van der Waals surface area contributed by atoms with Crippen LogP contribution in [0.4, 0.5) is 0 Å². The van der Waals surface area contributed by atoms with Crippen molar-refractivity contribution in [3.05, 3.63) is 52.9 Å². The van der Waals surface area contributed by atoms with Crippen molar-refractivity contribution in [3.8, 4) is 0 Å². The van der Waals surface area contributed by atoms with Crippen LogP contribution in [-0.4, -0.2) is 47.5 Å². The van der Waals surface area contributed by atoms with E-state index in [1.165, 1.54) is 5.56 Å². The van der Waals surface area contributed by atoms with Gasteiger partial charge in [-0.15, -0.1) is 0 Å². The summed E-state index contributed by atoms with van der Waals surface area (Å²) in [5.74, 6) is 0.877. The highest BCUT2D eigenvalue weighted by Crippen LogP contribution is 2.26. The molecule has 0 spiro atoms. The maximum atomic E-state index is 12.9. The third kappa shape index (κ3) is 3.29. The van der Waals surface area contributed by atoms with Crippen molar-refractivity contribution in [2.24, 2.45) is 0 Å². The lowest BCUT2D eigenvalue weighted by atomic mass is 10.0. The van der Waals surface area contributed by atoms with Crippen molar-refractivity contribution in [2.45, 2.75) is 26.3 Å². The van der Waals surface area contributed by atoms with Gasteiger partial charge in [0.25, 0.3) is 0 Å². The molecule has 2 heterocycles. The number of hydrogen-bond donors (Lipinski definition) is 0. The van der Waals surface area contributed by atoms with Gasteiger partial charge < -0.3 is 14.3 Å². The van der Waals surface area contributed by atoms with E-state index in [9.17, 15) is 4.79 Å². The van der Waals surface area contributed by atoms with Gasteiger partial charge in [-0.25, -0.2) is 0 Å². The standard InChI is InChI=1S/C18H23N3O2/c1-13-16(14(2)23-19-13)11-18(22)21-10-9-20(3)12-17(21)15-7-5-4-6-8-15/h4-8,17H,9-12H2,1-3H3/t17-/m1/s1. The second-order valence-electron chi connectivity index (χ2n) is 6.26. The number of carbonyl (C=O) groups excluding carboxylic acids is 1. The summed E-state index contributed by atoms with van der Waals surface area (Å²) >= 11 is 0. The van der Waals surface area contributed by atoms with Gasteiger partial charge in [0.05, 0.1) is 18.2 Å². The molecule has 3 rings (SSSR count). The quantitative estimate of drug-likeness (QED) is 0.873. The first-order chi connectivity index (χ1) is 11.1. The van der Waals surface area contributed by atoms with Crippen molar-refractivity contribution < 1.29 is 9.32 Å². The van der Waals surface area contributed by atoms with E-state index in [4.69, 9.17) is 4.52 Å². The van der Waals surface area contributed by atoms with Gasteiger partial charge in [0.2, 0.25) is 5.91 Å². The Labute approximate surface area is 136 Å². The van der Waals surface area contributed by atoms with Gasteiger partial charge in [-0.05, 0) is 26.5 Å². The molecule has 1 atom stereocenters. The van der Waals surface area contributed by atoms with Gasteiger partial charge in [0, 0.05) is 25.2 Å². The van der Waals surface area contributed by atoms with Crippen LogP contribution >= 0.6 is 0 Å². The van der Waals surface area contributed by atoms with Crippen molar-refractivity contribution in [1.29, 1.82) is 0 Å². The van der Waals surface area contributed by atoms with Gasteiger partial charge in [-0.1, -0.05) is 35.5 Å². The summed E-state index contributed by atoms with van der Waals surface area (Å²) in [6.45, 7) is 6.26. The van der Waals surface area contributed by atoms with Gasteiger partial charge in [-0.3, -0.25) is 4.79 Å². The lowest BCUT2D eigenvalue weighted by molar-refractivity contribution is -0.135. The number of benzene rings is 1. The summed E-state index contributed by atoms with van der Waals surface area (Å²) < 4.78 is 5.18. The Morgan fingerprint density at radius 1 is 1.26 bits per heavy atom. The fourth-order valence-corrected chi connectivity index (χ4v) is 3.19. The summed E-state index contributed by atoms with van der Waals surface area (Å²) in [4.78, 5) is 17.2. The number of amides is 1. The monoisotopic (exact) mass is 313 g/mol. The van der Waals surface area contributed by atoms with Crippen LogP contribution < -0.4 is 0 Å². The molecular formula is C18H23N3O2. The fraction of sp³-hybridized carbons (Fsp3) is 0.444. The maximum Gasteiger partial charge on any atom is 0.227 e. The van der Waals surface area contributed by atoms with E-state index in [1.807, 2.05) is 36.9 Å². The molecule has 1 aliphatic heterocycles. The Morgan fingerprint density at radius 2 is 2.00 bits per heavy atom. The molecule has 0 N–H and O–H groups in total. The fourth-order valence-electron chi connectivity index (χ4n) is 3.19. The summed E-state index contributed by atoms with van der Waals surface area (Å²) in [6.07, 6.45) is 0.355. The zero-order chi connectivity index (χ0) is 16.4. The van der Waals surface area contributed by atoms with Gasteiger partial charge in [-0.2, -0.15) is 0 Å². The number of piperazine rings is 1. The summed E-state index contributed by atoms with van der Waals surface area (Å²) in [7, 11) is 2.10. The van der Waals surface area contributed by atoms with Crippen molar-refractivity contribution in [1.82, 2.24) is 15.0 Å². The molecule has 0 aliphatic carbocycles. The van der Waals surface area contributed by atoms with Gasteiger partial charge >= 0.3 is 0 Å². The number of likely N-dealkylation sites (N-methyl/N-ethyl adjacent to an activating group) is 1. The number of rotatable bonds is 3. The first kappa shape index (κ1) is 15.7. The predicted octanol–water partition coefficient (Wildman–Crippen LogP) is 2.35. The summed E-state index contributed by atoms with van der Waals surface area (Å²) in [5.41, 5.74) is 2.91. The molecule has 1 amide bonds. The number of hydrogen-bond acceptors (Lipinski definition) is 4. The summed E-state index contributed by atoms with van der Waals surface area (Å²) in [5, 5.41) is 3.95. The minimum Gasteiger partial charge on any atom is -0.361 e. The average Bonchev–Trinajstić information content (AvgIpc) is 2.87. The molecular weight excluding hydrogens is 290 g/mol. The summed E-state index contributed by atoms with van der Waals surface area (Å²) in [6, 6.07) is 10.4. The molecule has 1 fully saturated rings. The minimum atomic E-state index is 0.0999. The number of aromatic nitrogens is 1. The number of aryl methyl sites for hydroxylation is 2. The first-order valence-electron chi connectivity index (χ1n) is 8.01. The number of carbonyl (C=O) groups is 1. The maximum absolute atomic E-state index is 12.9. The Morgan fingerprint density at radius 3 is 2.65 bits per heavy atom. The molecule has 5 nitrogen and oxygen atoms in total. The van der Waals surface area contributed by atoms with E-state index in [1.54, 1.807) is 0 Å². The molecule has 0 unspecified atom stereocenters. The molecule has 0 radical (unpaired) electrons. The SMILES string of the molecule is Cc1noc(C)c1CC(=O)N1CCN(C)C[C@@H]1c1ccccc1.